The van der Waals surface area contributed by atoms with Gasteiger partial charge in [-0.3, -0.25) is 9.59 Å². The van der Waals surface area contributed by atoms with Gasteiger partial charge in [0.25, 0.3) is 0 Å². The SMILES string of the molecule is CNCCNC(=O)CNC(=O)C(C)(C)C. The van der Waals surface area contributed by atoms with Gasteiger partial charge in [0, 0.05) is 18.5 Å². The largest absolute Gasteiger partial charge is 0.353 e. The molecule has 0 rings (SSSR count). The van der Waals surface area contributed by atoms with E-state index in [0.717, 1.165) is 6.54 Å². The number of amides is 2. The van der Waals surface area contributed by atoms with Crippen molar-refractivity contribution in [1.29, 1.82) is 0 Å². The molecule has 88 valence electrons. The van der Waals surface area contributed by atoms with Crippen LogP contribution >= 0.6 is 0 Å². The molecule has 5 heteroatoms. The fraction of sp³-hybridized carbons (Fsp3) is 0.800. The van der Waals surface area contributed by atoms with Crippen molar-refractivity contribution < 1.29 is 9.59 Å². The summed E-state index contributed by atoms with van der Waals surface area (Å²) in [6.07, 6.45) is 0. The molecule has 0 aromatic heterocycles. The molecule has 15 heavy (non-hydrogen) atoms. The van der Waals surface area contributed by atoms with Crippen molar-refractivity contribution in [1.82, 2.24) is 16.0 Å². The number of nitrogens with one attached hydrogen (secondary N) is 3. The summed E-state index contributed by atoms with van der Waals surface area (Å²) in [5.41, 5.74) is -0.453. The molecule has 0 spiro atoms. The number of carbonyl (C=O) groups is 2. The van der Waals surface area contributed by atoms with E-state index < -0.39 is 5.41 Å². The van der Waals surface area contributed by atoms with Crippen LogP contribution in [0.3, 0.4) is 0 Å². The lowest BCUT2D eigenvalue weighted by Gasteiger charge is -2.17. The van der Waals surface area contributed by atoms with Crippen molar-refractivity contribution in [2.75, 3.05) is 26.7 Å². The van der Waals surface area contributed by atoms with E-state index in [9.17, 15) is 9.59 Å². The molecule has 0 aliphatic rings. The van der Waals surface area contributed by atoms with Gasteiger partial charge < -0.3 is 16.0 Å². The van der Waals surface area contributed by atoms with Crippen molar-refractivity contribution in [3.05, 3.63) is 0 Å². The molecule has 3 N–H and O–H groups in total. The smallest absolute Gasteiger partial charge is 0.239 e. The molecule has 0 fully saturated rings. The number of carbonyl (C=O) groups excluding carboxylic acids is 2. The monoisotopic (exact) mass is 215 g/mol. The molecule has 0 atom stereocenters. The molecule has 0 aromatic rings. The first-order chi connectivity index (χ1) is 6.88. The van der Waals surface area contributed by atoms with Gasteiger partial charge in [0.15, 0.2) is 0 Å². The molecule has 0 bridgehead atoms. The van der Waals surface area contributed by atoms with Crippen LogP contribution in [0.5, 0.6) is 0 Å². The zero-order chi connectivity index (χ0) is 11.9. The van der Waals surface area contributed by atoms with Gasteiger partial charge in [0.05, 0.1) is 6.54 Å². The minimum Gasteiger partial charge on any atom is -0.353 e. The van der Waals surface area contributed by atoms with Crippen LogP contribution in [0.25, 0.3) is 0 Å². The lowest BCUT2D eigenvalue weighted by atomic mass is 9.96. The van der Waals surface area contributed by atoms with Crippen molar-refractivity contribution in [3.63, 3.8) is 0 Å². The maximum absolute atomic E-state index is 11.4. The summed E-state index contributed by atoms with van der Waals surface area (Å²) in [6, 6.07) is 0. The molecule has 0 aromatic carbocycles. The summed E-state index contributed by atoms with van der Waals surface area (Å²) in [5.74, 6) is -0.283. The number of rotatable bonds is 5. The van der Waals surface area contributed by atoms with E-state index in [0.29, 0.717) is 6.54 Å². The lowest BCUT2D eigenvalue weighted by molar-refractivity contribution is -0.131. The van der Waals surface area contributed by atoms with Crippen molar-refractivity contribution in [2.45, 2.75) is 20.8 Å². The summed E-state index contributed by atoms with van der Waals surface area (Å²) in [7, 11) is 1.81. The van der Waals surface area contributed by atoms with Crippen LogP contribution in [0.1, 0.15) is 20.8 Å². The normalized spacial score (nSPS) is 10.9. The zero-order valence-corrected chi connectivity index (χ0v) is 9.94. The van der Waals surface area contributed by atoms with Gasteiger partial charge in [0.1, 0.15) is 0 Å². The predicted octanol–water partition coefficient (Wildman–Crippen LogP) is -0.516. The van der Waals surface area contributed by atoms with Crippen LogP contribution in [-0.2, 0) is 9.59 Å². The van der Waals surface area contributed by atoms with E-state index in [1.165, 1.54) is 0 Å². The Morgan fingerprint density at radius 2 is 1.67 bits per heavy atom. The third-order valence-electron chi connectivity index (χ3n) is 1.79. The molecular weight excluding hydrogens is 194 g/mol. The van der Waals surface area contributed by atoms with E-state index in [1.807, 2.05) is 7.05 Å². The highest BCUT2D eigenvalue weighted by atomic mass is 16.2. The lowest BCUT2D eigenvalue weighted by Crippen LogP contribution is -2.42. The molecule has 0 heterocycles. The highest BCUT2D eigenvalue weighted by Gasteiger charge is 2.21. The summed E-state index contributed by atoms with van der Waals surface area (Å²) in [5, 5.41) is 8.16. The topological polar surface area (TPSA) is 70.2 Å². The Hall–Kier alpha value is -1.10. The number of likely N-dealkylation sites (N-methyl/N-ethyl adjacent to an activating group) is 1. The van der Waals surface area contributed by atoms with Gasteiger partial charge in [-0.25, -0.2) is 0 Å². The Morgan fingerprint density at radius 3 is 2.13 bits per heavy atom. The molecule has 0 saturated heterocycles. The third kappa shape index (κ3) is 6.90. The maximum Gasteiger partial charge on any atom is 0.239 e. The van der Waals surface area contributed by atoms with E-state index in [-0.39, 0.29) is 18.4 Å². The minimum absolute atomic E-state index is 0.0415. The maximum atomic E-state index is 11.4. The van der Waals surface area contributed by atoms with Gasteiger partial charge in [-0.15, -0.1) is 0 Å². The van der Waals surface area contributed by atoms with Crippen molar-refractivity contribution in [2.24, 2.45) is 5.41 Å². The van der Waals surface area contributed by atoms with E-state index >= 15 is 0 Å². The predicted molar refractivity (Wildman–Crippen MR) is 59.4 cm³/mol. The van der Waals surface area contributed by atoms with Crippen molar-refractivity contribution >= 4 is 11.8 Å². The first kappa shape index (κ1) is 13.9. The van der Waals surface area contributed by atoms with E-state index in [2.05, 4.69) is 16.0 Å². The molecule has 0 radical (unpaired) electrons. The van der Waals surface area contributed by atoms with Crippen LogP contribution in [0.2, 0.25) is 0 Å². The van der Waals surface area contributed by atoms with Gasteiger partial charge >= 0.3 is 0 Å². The summed E-state index contributed by atoms with van der Waals surface area (Å²) >= 11 is 0. The molecule has 0 aliphatic heterocycles. The van der Waals surface area contributed by atoms with Crippen LogP contribution in [0.4, 0.5) is 0 Å². The minimum atomic E-state index is -0.453. The second kappa shape index (κ2) is 6.40. The van der Waals surface area contributed by atoms with E-state index in [1.54, 1.807) is 20.8 Å². The molecular formula is C10H21N3O2. The second-order valence-corrected chi connectivity index (χ2v) is 4.39. The number of hydrogen-bond donors (Lipinski definition) is 3. The zero-order valence-electron chi connectivity index (χ0n) is 9.94. The van der Waals surface area contributed by atoms with Crippen LogP contribution < -0.4 is 16.0 Å². The number of hydrogen-bond acceptors (Lipinski definition) is 3. The Labute approximate surface area is 91.0 Å². The Morgan fingerprint density at radius 1 is 1.07 bits per heavy atom. The highest BCUT2D eigenvalue weighted by molar-refractivity contribution is 5.87. The molecule has 5 nitrogen and oxygen atoms in total. The fourth-order valence-corrected chi connectivity index (χ4v) is 0.815. The fourth-order valence-electron chi connectivity index (χ4n) is 0.815. The highest BCUT2D eigenvalue weighted by Crippen LogP contribution is 2.11. The third-order valence-corrected chi connectivity index (χ3v) is 1.79. The van der Waals surface area contributed by atoms with E-state index in [4.69, 9.17) is 0 Å². The molecule has 2 amide bonds. The average Bonchev–Trinajstić information content (AvgIpc) is 2.13. The van der Waals surface area contributed by atoms with Crippen LogP contribution in [-0.4, -0.2) is 38.5 Å². The molecule has 0 saturated carbocycles. The van der Waals surface area contributed by atoms with Gasteiger partial charge in [0.2, 0.25) is 11.8 Å². The van der Waals surface area contributed by atoms with Crippen LogP contribution in [0.15, 0.2) is 0 Å². The second-order valence-electron chi connectivity index (χ2n) is 4.39. The van der Waals surface area contributed by atoms with Crippen LogP contribution in [0, 0.1) is 5.41 Å². The van der Waals surface area contributed by atoms with Crippen molar-refractivity contribution in [3.8, 4) is 0 Å². The average molecular weight is 215 g/mol. The first-order valence-electron chi connectivity index (χ1n) is 5.07. The Balaban J connectivity index is 3.67. The Bertz CT molecular complexity index is 221. The standard InChI is InChI=1S/C10H21N3O2/c1-10(2,3)9(15)13-7-8(14)12-6-5-11-4/h11H,5-7H2,1-4H3,(H,12,14)(H,13,15). The quantitative estimate of drug-likeness (QED) is 0.541. The molecule has 0 unspecified atom stereocenters. The molecule has 0 aliphatic carbocycles. The summed E-state index contributed by atoms with van der Waals surface area (Å²) in [4.78, 5) is 22.6. The summed E-state index contributed by atoms with van der Waals surface area (Å²) < 4.78 is 0. The summed E-state index contributed by atoms with van der Waals surface area (Å²) in [6.45, 7) is 6.75. The van der Waals surface area contributed by atoms with Gasteiger partial charge in [-0.2, -0.15) is 0 Å². The Kier molecular flexibility index (Phi) is 5.93. The van der Waals surface area contributed by atoms with Gasteiger partial charge in [-0.05, 0) is 7.05 Å². The van der Waals surface area contributed by atoms with Gasteiger partial charge in [-0.1, -0.05) is 20.8 Å². The first-order valence-corrected chi connectivity index (χ1v) is 5.07.